The van der Waals surface area contributed by atoms with E-state index in [4.69, 9.17) is 11.6 Å². The summed E-state index contributed by atoms with van der Waals surface area (Å²) in [4.78, 5) is 21.9. The van der Waals surface area contributed by atoms with E-state index >= 15 is 0 Å². The molecule has 0 aromatic carbocycles. The lowest BCUT2D eigenvalue weighted by molar-refractivity contribution is -0.115. The maximum Gasteiger partial charge on any atom is 0.238 e. The smallest absolute Gasteiger partial charge is 0.238 e. The Balaban J connectivity index is 1.56. The van der Waals surface area contributed by atoms with Gasteiger partial charge in [0.1, 0.15) is 11.6 Å². The molecule has 3 aromatic rings. The van der Waals surface area contributed by atoms with Crippen molar-refractivity contribution in [1.29, 1.82) is 0 Å². The Kier molecular flexibility index (Phi) is 5.49. The van der Waals surface area contributed by atoms with Crippen molar-refractivity contribution >= 4 is 46.4 Å². The zero-order valence-corrected chi connectivity index (χ0v) is 15.1. The summed E-state index contributed by atoms with van der Waals surface area (Å²) in [5.41, 5.74) is 0. The van der Waals surface area contributed by atoms with E-state index in [-0.39, 0.29) is 11.2 Å². The second-order valence-electron chi connectivity index (χ2n) is 4.93. The van der Waals surface area contributed by atoms with Gasteiger partial charge in [-0.2, -0.15) is 0 Å². The summed E-state index contributed by atoms with van der Waals surface area (Å²) in [6.07, 6.45) is 2.20. The molecule has 1 unspecified atom stereocenters. The minimum Gasteiger partial charge on any atom is -0.310 e. The van der Waals surface area contributed by atoms with Crippen LogP contribution in [0.4, 0.5) is 5.82 Å². The van der Waals surface area contributed by atoms with Gasteiger partial charge in [0.15, 0.2) is 0 Å². The number of rotatable bonds is 6. The molecule has 1 atom stereocenters. The van der Waals surface area contributed by atoms with Crippen LogP contribution >= 0.6 is 34.7 Å². The molecule has 0 radical (unpaired) electrons. The molecule has 0 spiro atoms. The molecule has 6 nitrogen and oxygen atoms in total. The highest BCUT2D eigenvalue weighted by atomic mass is 35.5. The first-order valence-corrected chi connectivity index (χ1v) is 9.26. The van der Waals surface area contributed by atoms with Gasteiger partial charge in [0.2, 0.25) is 11.1 Å². The number of hydrogen-bond donors (Lipinski definition) is 2. The zero-order valence-electron chi connectivity index (χ0n) is 12.7. The summed E-state index contributed by atoms with van der Waals surface area (Å²) in [5.74, 6) is 1.08. The van der Waals surface area contributed by atoms with Gasteiger partial charge < -0.3 is 5.32 Å². The molecule has 0 aliphatic rings. The number of amides is 1. The number of aromatic nitrogens is 4. The van der Waals surface area contributed by atoms with Gasteiger partial charge in [-0.05, 0) is 30.5 Å². The number of carbonyl (C=O) groups is 1. The number of thiophene rings is 1. The van der Waals surface area contributed by atoms with Crippen LogP contribution in [-0.4, -0.2) is 31.3 Å². The summed E-state index contributed by atoms with van der Waals surface area (Å²) >= 11 is 8.74. The van der Waals surface area contributed by atoms with E-state index in [1.807, 2.05) is 11.4 Å². The molecular weight excluding hydrogens is 366 g/mol. The Bertz CT molecular complexity index is 804. The van der Waals surface area contributed by atoms with E-state index in [1.165, 1.54) is 22.8 Å². The van der Waals surface area contributed by atoms with E-state index in [0.717, 1.165) is 5.82 Å². The van der Waals surface area contributed by atoms with Crippen LogP contribution in [0.15, 0.2) is 41.0 Å². The van der Waals surface area contributed by atoms with Crippen molar-refractivity contribution in [2.45, 2.75) is 23.8 Å². The van der Waals surface area contributed by atoms with Gasteiger partial charge in [-0.15, -0.1) is 16.4 Å². The standard InChI is InChI=1S/C15H14ClN5OS2/c1-9(14(22)18-12-5-4-10(16)8-17-12)24-15-19-13(20-21-15)7-11-3-2-6-23-11/h2-6,8-9H,7H2,1H3,(H,17,18,22)(H,19,20,21). The number of thioether (sulfide) groups is 1. The molecule has 2 N–H and O–H groups in total. The number of aromatic amines is 1. The van der Waals surface area contributed by atoms with Crippen LogP contribution in [0, 0.1) is 0 Å². The fourth-order valence-corrected chi connectivity index (χ4v) is 3.44. The SMILES string of the molecule is CC(Sc1n[nH]c(Cc2cccs2)n1)C(=O)Nc1ccc(Cl)cn1. The normalized spacial score (nSPS) is 12.1. The molecule has 0 bridgehead atoms. The molecule has 0 aliphatic carbocycles. The molecule has 9 heteroatoms. The minimum atomic E-state index is -0.354. The highest BCUT2D eigenvalue weighted by Crippen LogP contribution is 2.21. The fourth-order valence-electron chi connectivity index (χ4n) is 1.88. The number of nitrogens with zero attached hydrogens (tertiary/aromatic N) is 3. The Labute approximate surface area is 152 Å². The Morgan fingerprint density at radius 1 is 1.46 bits per heavy atom. The quantitative estimate of drug-likeness (QED) is 0.639. The highest BCUT2D eigenvalue weighted by Gasteiger charge is 2.18. The average Bonchev–Trinajstić information content (AvgIpc) is 3.22. The van der Waals surface area contributed by atoms with E-state index in [2.05, 4.69) is 31.5 Å². The summed E-state index contributed by atoms with van der Waals surface area (Å²) in [7, 11) is 0. The van der Waals surface area contributed by atoms with Crippen LogP contribution in [-0.2, 0) is 11.2 Å². The lowest BCUT2D eigenvalue weighted by Crippen LogP contribution is -2.23. The number of pyridine rings is 1. The molecule has 24 heavy (non-hydrogen) atoms. The van der Waals surface area contributed by atoms with Crippen LogP contribution in [0.5, 0.6) is 0 Å². The average molecular weight is 380 g/mol. The summed E-state index contributed by atoms with van der Waals surface area (Å²) < 4.78 is 0. The number of nitrogens with one attached hydrogen (secondary N) is 2. The van der Waals surface area contributed by atoms with Crippen LogP contribution < -0.4 is 5.32 Å². The number of hydrogen-bond acceptors (Lipinski definition) is 6. The van der Waals surface area contributed by atoms with Crippen molar-refractivity contribution < 1.29 is 4.79 Å². The second kappa shape index (κ2) is 7.78. The summed E-state index contributed by atoms with van der Waals surface area (Å²) in [5, 5.41) is 12.5. The van der Waals surface area contributed by atoms with Gasteiger partial charge in [-0.25, -0.2) is 9.97 Å². The van der Waals surface area contributed by atoms with E-state index in [0.29, 0.717) is 22.4 Å². The molecule has 3 heterocycles. The van der Waals surface area contributed by atoms with Crippen molar-refractivity contribution in [2.24, 2.45) is 0 Å². The largest absolute Gasteiger partial charge is 0.310 e. The molecule has 3 aromatic heterocycles. The van der Waals surface area contributed by atoms with Gasteiger partial charge in [-0.1, -0.05) is 29.4 Å². The monoisotopic (exact) mass is 379 g/mol. The molecule has 1 amide bonds. The number of anilines is 1. The topological polar surface area (TPSA) is 83.6 Å². The fraction of sp³-hybridized carbons (Fsp3) is 0.200. The molecule has 0 fully saturated rings. The first-order valence-electron chi connectivity index (χ1n) is 7.13. The second-order valence-corrected chi connectivity index (χ2v) is 7.71. The van der Waals surface area contributed by atoms with Crippen LogP contribution in [0.2, 0.25) is 5.02 Å². The lowest BCUT2D eigenvalue weighted by atomic mass is 10.3. The Morgan fingerprint density at radius 3 is 3.04 bits per heavy atom. The molecule has 124 valence electrons. The van der Waals surface area contributed by atoms with Crippen molar-refractivity contribution in [3.63, 3.8) is 0 Å². The summed E-state index contributed by atoms with van der Waals surface area (Å²) in [6.45, 7) is 1.80. The molecule has 0 aliphatic heterocycles. The van der Waals surface area contributed by atoms with Crippen molar-refractivity contribution in [1.82, 2.24) is 20.2 Å². The summed E-state index contributed by atoms with van der Waals surface area (Å²) in [6, 6.07) is 7.38. The van der Waals surface area contributed by atoms with Gasteiger partial charge in [-0.3, -0.25) is 9.89 Å². The van der Waals surface area contributed by atoms with E-state index in [1.54, 1.807) is 30.4 Å². The van der Waals surface area contributed by atoms with Gasteiger partial charge >= 0.3 is 0 Å². The predicted octanol–water partition coefficient (Wildman–Crippen LogP) is 3.62. The first-order chi connectivity index (χ1) is 11.6. The maximum atomic E-state index is 12.2. The maximum absolute atomic E-state index is 12.2. The minimum absolute atomic E-state index is 0.167. The van der Waals surface area contributed by atoms with Crippen molar-refractivity contribution in [3.8, 4) is 0 Å². The Hall–Kier alpha value is -1.90. The first kappa shape index (κ1) is 16.9. The lowest BCUT2D eigenvalue weighted by Gasteiger charge is -2.09. The van der Waals surface area contributed by atoms with Crippen LogP contribution in [0.25, 0.3) is 0 Å². The third-order valence-corrected chi connectivity index (χ3v) is 5.12. The third kappa shape index (κ3) is 4.56. The zero-order chi connectivity index (χ0) is 16.9. The van der Waals surface area contributed by atoms with Gasteiger partial charge in [0, 0.05) is 17.5 Å². The number of halogens is 1. The van der Waals surface area contributed by atoms with Gasteiger partial charge in [0.25, 0.3) is 0 Å². The number of carbonyl (C=O) groups excluding carboxylic acids is 1. The molecule has 0 saturated carbocycles. The molecular formula is C15H14ClN5OS2. The van der Waals surface area contributed by atoms with Crippen molar-refractivity contribution in [2.75, 3.05) is 5.32 Å². The van der Waals surface area contributed by atoms with E-state index in [9.17, 15) is 4.79 Å². The van der Waals surface area contributed by atoms with E-state index < -0.39 is 0 Å². The van der Waals surface area contributed by atoms with Gasteiger partial charge in [0.05, 0.1) is 10.3 Å². The molecule has 0 saturated heterocycles. The van der Waals surface area contributed by atoms with Crippen LogP contribution in [0.1, 0.15) is 17.6 Å². The highest BCUT2D eigenvalue weighted by molar-refractivity contribution is 8.00. The third-order valence-electron chi connectivity index (χ3n) is 3.06. The van der Waals surface area contributed by atoms with Crippen LogP contribution in [0.3, 0.4) is 0 Å². The number of H-pyrrole nitrogens is 1. The predicted molar refractivity (Wildman–Crippen MR) is 96.7 cm³/mol. The Morgan fingerprint density at radius 2 is 2.33 bits per heavy atom. The van der Waals surface area contributed by atoms with Crippen molar-refractivity contribution in [3.05, 3.63) is 51.6 Å². The molecule has 3 rings (SSSR count).